The molecule has 0 bridgehead atoms. The van der Waals surface area contributed by atoms with E-state index in [4.69, 9.17) is 5.73 Å². The number of hydrogen-bond donors (Lipinski definition) is 3. The third-order valence-electron chi connectivity index (χ3n) is 1.69. The number of anilines is 1. The first-order valence-corrected chi connectivity index (χ1v) is 4.54. The van der Waals surface area contributed by atoms with E-state index in [0.717, 1.165) is 0 Å². The molecule has 1 rings (SSSR count). The average molecular weight is 207 g/mol. The second-order valence-corrected chi connectivity index (χ2v) is 2.90. The molecule has 1 aromatic carbocycles. The highest BCUT2D eigenvalue weighted by Crippen LogP contribution is 2.03. The molecule has 0 aliphatic heterocycles. The van der Waals surface area contributed by atoms with Gasteiger partial charge in [-0.3, -0.25) is 9.59 Å². The lowest BCUT2D eigenvalue weighted by atomic mass is 10.3. The van der Waals surface area contributed by atoms with Gasteiger partial charge in [0.05, 0.1) is 13.1 Å². The van der Waals surface area contributed by atoms with E-state index in [0.29, 0.717) is 5.69 Å². The molecule has 0 aromatic heterocycles. The minimum Gasteiger partial charge on any atom is -0.346 e. The number of carbonyl (C=O) groups is 2. The van der Waals surface area contributed by atoms with Crippen LogP contribution in [-0.2, 0) is 9.59 Å². The van der Waals surface area contributed by atoms with Gasteiger partial charge in [0.1, 0.15) is 0 Å². The van der Waals surface area contributed by atoms with Gasteiger partial charge in [0.15, 0.2) is 0 Å². The van der Waals surface area contributed by atoms with Crippen LogP contribution in [0.4, 0.5) is 5.69 Å². The predicted octanol–water partition coefficient (Wildman–Crippen LogP) is -0.300. The van der Waals surface area contributed by atoms with E-state index in [1.165, 1.54) is 0 Å². The summed E-state index contributed by atoms with van der Waals surface area (Å²) in [6.45, 7) is -0.177. The lowest BCUT2D eigenvalue weighted by molar-refractivity contribution is -0.123. The highest BCUT2D eigenvalue weighted by atomic mass is 16.2. The van der Waals surface area contributed by atoms with Gasteiger partial charge in [-0.25, -0.2) is 0 Å². The molecule has 0 unspecified atom stereocenters. The number of rotatable bonds is 4. The summed E-state index contributed by atoms with van der Waals surface area (Å²) in [5.41, 5.74) is 5.77. The van der Waals surface area contributed by atoms with Crippen molar-refractivity contribution in [1.82, 2.24) is 5.32 Å². The Balaban J connectivity index is 2.34. The summed E-state index contributed by atoms with van der Waals surface area (Å²) in [5.74, 6) is -0.624. The number of amides is 2. The molecule has 0 heterocycles. The molecule has 2 amide bonds. The van der Waals surface area contributed by atoms with Crippen LogP contribution in [0.2, 0.25) is 0 Å². The Hall–Kier alpha value is -1.88. The summed E-state index contributed by atoms with van der Waals surface area (Å²) in [4.78, 5) is 22.0. The maximum atomic E-state index is 11.3. The third-order valence-corrected chi connectivity index (χ3v) is 1.69. The lowest BCUT2D eigenvalue weighted by Crippen LogP contribution is -2.36. The van der Waals surface area contributed by atoms with E-state index in [-0.39, 0.29) is 24.9 Å². The molecular weight excluding hydrogens is 194 g/mol. The number of benzene rings is 1. The van der Waals surface area contributed by atoms with Crippen molar-refractivity contribution in [2.75, 3.05) is 18.4 Å². The van der Waals surface area contributed by atoms with Gasteiger partial charge >= 0.3 is 0 Å². The van der Waals surface area contributed by atoms with E-state index in [9.17, 15) is 9.59 Å². The topological polar surface area (TPSA) is 84.2 Å². The van der Waals surface area contributed by atoms with Crippen LogP contribution in [-0.4, -0.2) is 24.9 Å². The normalized spacial score (nSPS) is 9.40. The minimum absolute atomic E-state index is 0.0646. The highest BCUT2D eigenvalue weighted by Gasteiger charge is 2.03. The Morgan fingerprint density at radius 1 is 1.13 bits per heavy atom. The zero-order valence-electron chi connectivity index (χ0n) is 8.19. The Kier molecular flexibility index (Phi) is 4.30. The molecule has 15 heavy (non-hydrogen) atoms. The zero-order chi connectivity index (χ0) is 11.1. The second-order valence-electron chi connectivity index (χ2n) is 2.90. The van der Waals surface area contributed by atoms with E-state index >= 15 is 0 Å². The fourth-order valence-electron chi connectivity index (χ4n) is 0.978. The number of nitrogens with one attached hydrogen (secondary N) is 2. The van der Waals surface area contributed by atoms with Crippen LogP contribution >= 0.6 is 0 Å². The fraction of sp³-hybridized carbons (Fsp3) is 0.200. The molecule has 5 heteroatoms. The molecule has 0 saturated carbocycles. The average Bonchev–Trinajstić information content (AvgIpc) is 2.27. The first-order valence-electron chi connectivity index (χ1n) is 4.54. The molecule has 0 aliphatic rings. The minimum atomic E-state index is -0.349. The number of para-hydroxylation sites is 1. The molecular formula is C10H13N3O2. The molecule has 80 valence electrons. The van der Waals surface area contributed by atoms with Gasteiger partial charge in [0.2, 0.25) is 11.8 Å². The molecule has 0 radical (unpaired) electrons. The standard InChI is InChI=1S/C10H13N3O2/c11-6-9(14)12-7-10(15)13-8-4-2-1-3-5-8/h1-5H,6-7,11H2,(H,12,14)(H,13,15). The molecule has 0 saturated heterocycles. The van der Waals surface area contributed by atoms with Gasteiger partial charge in [-0.1, -0.05) is 18.2 Å². The van der Waals surface area contributed by atoms with Crippen molar-refractivity contribution in [3.63, 3.8) is 0 Å². The highest BCUT2D eigenvalue weighted by molar-refractivity contribution is 5.94. The van der Waals surface area contributed by atoms with Crippen molar-refractivity contribution in [3.05, 3.63) is 30.3 Å². The van der Waals surface area contributed by atoms with Crippen LogP contribution in [0.15, 0.2) is 30.3 Å². The predicted molar refractivity (Wildman–Crippen MR) is 57.1 cm³/mol. The van der Waals surface area contributed by atoms with Crippen LogP contribution in [0.3, 0.4) is 0 Å². The second kappa shape index (κ2) is 5.77. The number of carbonyl (C=O) groups excluding carboxylic acids is 2. The van der Waals surface area contributed by atoms with Gasteiger partial charge in [-0.15, -0.1) is 0 Å². The molecule has 0 atom stereocenters. The zero-order valence-corrected chi connectivity index (χ0v) is 8.19. The lowest BCUT2D eigenvalue weighted by Gasteiger charge is -2.05. The molecule has 4 N–H and O–H groups in total. The summed E-state index contributed by atoms with van der Waals surface area (Å²) in [7, 11) is 0. The molecule has 1 aromatic rings. The summed E-state index contributed by atoms with van der Waals surface area (Å²) in [6, 6.07) is 9.01. The molecule has 0 spiro atoms. The summed E-state index contributed by atoms with van der Waals surface area (Å²) in [5, 5.41) is 5.00. The van der Waals surface area contributed by atoms with Crippen LogP contribution in [0.5, 0.6) is 0 Å². The molecule has 0 aliphatic carbocycles. The number of nitrogens with two attached hydrogens (primary N) is 1. The van der Waals surface area contributed by atoms with Gasteiger partial charge in [0.25, 0.3) is 0 Å². The Labute approximate surface area is 87.7 Å². The van der Waals surface area contributed by atoms with Crippen LogP contribution < -0.4 is 16.4 Å². The Bertz CT molecular complexity index is 338. The first-order chi connectivity index (χ1) is 7.22. The van der Waals surface area contributed by atoms with Crippen molar-refractivity contribution in [2.24, 2.45) is 5.73 Å². The summed E-state index contributed by atoms with van der Waals surface area (Å²) < 4.78 is 0. The monoisotopic (exact) mass is 207 g/mol. The van der Waals surface area contributed by atoms with E-state index < -0.39 is 0 Å². The fourth-order valence-corrected chi connectivity index (χ4v) is 0.978. The van der Waals surface area contributed by atoms with Crippen LogP contribution in [0.1, 0.15) is 0 Å². The van der Waals surface area contributed by atoms with E-state index in [1.54, 1.807) is 12.1 Å². The third kappa shape index (κ3) is 4.24. The Morgan fingerprint density at radius 3 is 2.40 bits per heavy atom. The molecule has 5 nitrogen and oxygen atoms in total. The quantitative estimate of drug-likeness (QED) is 0.633. The van der Waals surface area contributed by atoms with Gasteiger partial charge in [0, 0.05) is 5.69 Å². The van der Waals surface area contributed by atoms with Crippen molar-refractivity contribution >= 4 is 17.5 Å². The smallest absolute Gasteiger partial charge is 0.243 e. The number of hydrogen-bond acceptors (Lipinski definition) is 3. The Morgan fingerprint density at radius 2 is 1.80 bits per heavy atom. The summed E-state index contributed by atoms with van der Waals surface area (Å²) >= 11 is 0. The van der Waals surface area contributed by atoms with Crippen LogP contribution in [0, 0.1) is 0 Å². The maximum absolute atomic E-state index is 11.3. The first kappa shape index (κ1) is 11.2. The van der Waals surface area contributed by atoms with Crippen LogP contribution in [0.25, 0.3) is 0 Å². The van der Waals surface area contributed by atoms with Crippen molar-refractivity contribution < 1.29 is 9.59 Å². The molecule has 0 fully saturated rings. The SMILES string of the molecule is NCC(=O)NCC(=O)Nc1ccccc1. The maximum Gasteiger partial charge on any atom is 0.243 e. The van der Waals surface area contributed by atoms with Gasteiger partial charge in [-0.05, 0) is 12.1 Å². The van der Waals surface area contributed by atoms with Gasteiger partial charge in [-0.2, -0.15) is 0 Å². The largest absolute Gasteiger partial charge is 0.346 e. The van der Waals surface area contributed by atoms with Crippen molar-refractivity contribution in [3.8, 4) is 0 Å². The van der Waals surface area contributed by atoms with E-state index in [2.05, 4.69) is 10.6 Å². The van der Waals surface area contributed by atoms with E-state index in [1.807, 2.05) is 18.2 Å². The summed E-state index contributed by atoms with van der Waals surface area (Å²) in [6.07, 6.45) is 0. The van der Waals surface area contributed by atoms with Crippen molar-refractivity contribution in [1.29, 1.82) is 0 Å². The van der Waals surface area contributed by atoms with Crippen molar-refractivity contribution in [2.45, 2.75) is 0 Å². The van der Waals surface area contributed by atoms with Gasteiger partial charge < -0.3 is 16.4 Å².